The predicted octanol–water partition coefficient (Wildman–Crippen LogP) is 4.78. The maximum atomic E-state index is 6.59. The van der Waals surface area contributed by atoms with E-state index in [0.29, 0.717) is 5.92 Å². The lowest BCUT2D eigenvalue weighted by molar-refractivity contribution is 0.0522. The molecule has 168 valence electrons. The number of nitrogens with two attached hydrogens (primary N) is 1. The number of ether oxygens (including phenoxy) is 3. The van der Waals surface area contributed by atoms with Crippen molar-refractivity contribution in [2.24, 2.45) is 0 Å². The van der Waals surface area contributed by atoms with Crippen molar-refractivity contribution >= 4 is 5.69 Å². The lowest BCUT2D eigenvalue weighted by Gasteiger charge is -2.37. The van der Waals surface area contributed by atoms with Crippen LogP contribution >= 0.6 is 0 Å². The van der Waals surface area contributed by atoms with Crippen molar-refractivity contribution in [1.29, 1.82) is 0 Å². The van der Waals surface area contributed by atoms with Gasteiger partial charge in [-0.25, -0.2) is 0 Å². The zero-order valence-electron chi connectivity index (χ0n) is 19.8. The topological polar surface area (TPSA) is 57.0 Å². The van der Waals surface area contributed by atoms with Gasteiger partial charge in [0, 0.05) is 30.3 Å². The number of piperidine rings is 1. The number of likely N-dealkylation sites (tertiary alicyclic amines) is 1. The smallest absolute Gasteiger partial charge is 0.127 e. The molecule has 0 saturated carbocycles. The minimum absolute atomic E-state index is 0.206. The van der Waals surface area contributed by atoms with E-state index in [1.54, 1.807) is 14.2 Å². The molecule has 0 spiro atoms. The second-order valence-corrected chi connectivity index (χ2v) is 9.48. The molecule has 0 amide bonds. The van der Waals surface area contributed by atoms with E-state index in [0.717, 1.165) is 67.4 Å². The molecule has 2 aromatic rings. The summed E-state index contributed by atoms with van der Waals surface area (Å²) in [5.74, 6) is 3.34. The highest BCUT2D eigenvalue weighted by molar-refractivity contribution is 5.66. The summed E-state index contributed by atoms with van der Waals surface area (Å²) in [6.07, 6.45) is 3.16. The number of fused-ring (bicyclic) bond motifs is 1. The number of nitrogens with zero attached hydrogens (tertiary/aromatic N) is 1. The van der Waals surface area contributed by atoms with Crippen LogP contribution in [0.2, 0.25) is 0 Å². The Labute approximate surface area is 186 Å². The number of hydrogen-bond acceptors (Lipinski definition) is 5. The molecule has 4 rings (SSSR count). The number of nitrogen functional groups attached to an aromatic ring is 1. The third kappa shape index (κ3) is 3.96. The molecule has 0 aliphatic carbocycles. The van der Waals surface area contributed by atoms with Gasteiger partial charge in [0.2, 0.25) is 0 Å². The first-order valence-corrected chi connectivity index (χ1v) is 11.3. The Morgan fingerprint density at radius 2 is 1.77 bits per heavy atom. The number of methoxy groups -OCH3 is 2. The minimum Gasteiger partial charge on any atom is -0.497 e. The number of hydrogen-bond donors (Lipinski definition) is 1. The largest absolute Gasteiger partial charge is 0.497 e. The average molecular weight is 425 g/mol. The van der Waals surface area contributed by atoms with Crippen molar-refractivity contribution < 1.29 is 14.2 Å². The van der Waals surface area contributed by atoms with Crippen LogP contribution in [0.4, 0.5) is 5.69 Å². The molecule has 2 heterocycles. The van der Waals surface area contributed by atoms with E-state index in [1.165, 1.54) is 22.3 Å². The van der Waals surface area contributed by atoms with E-state index in [1.807, 2.05) is 12.1 Å². The van der Waals surface area contributed by atoms with Crippen LogP contribution in [0.3, 0.4) is 0 Å². The summed E-state index contributed by atoms with van der Waals surface area (Å²) < 4.78 is 17.6. The van der Waals surface area contributed by atoms with Crippen LogP contribution in [0.1, 0.15) is 53.5 Å². The fourth-order valence-electron chi connectivity index (χ4n) is 5.34. The molecule has 2 aliphatic heterocycles. The molecular weight excluding hydrogens is 388 g/mol. The molecule has 0 bridgehead atoms. The van der Waals surface area contributed by atoms with Crippen molar-refractivity contribution in [3.8, 4) is 17.2 Å². The van der Waals surface area contributed by atoms with E-state index in [4.69, 9.17) is 19.9 Å². The summed E-state index contributed by atoms with van der Waals surface area (Å²) in [6, 6.07) is 6.19. The molecule has 1 saturated heterocycles. The molecule has 1 atom stereocenters. The molecule has 31 heavy (non-hydrogen) atoms. The molecule has 5 heteroatoms. The van der Waals surface area contributed by atoms with E-state index in [-0.39, 0.29) is 5.60 Å². The van der Waals surface area contributed by atoms with Crippen LogP contribution in [0.5, 0.6) is 17.2 Å². The highest BCUT2D eigenvalue weighted by atomic mass is 16.5. The van der Waals surface area contributed by atoms with Crippen LogP contribution in [-0.4, -0.2) is 44.4 Å². The first-order valence-electron chi connectivity index (χ1n) is 11.3. The van der Waals surface area contributed by atoms with Gasteiger partial charge in [0.05, 0.1) is 14.2 Å². The third-order valence-electron chi connectivity index (χ3n) is 7.36. The molecule has 1 fully saturated rings. The second-order valence-electron chi connectivity index (χ2n) is 9.48. The van der Waals surface area contributed by atoms with Crippen molar-refractivity contribution in [1.82, 2.24) is 4.90 Å². The average Bonchev–Trinajstić information content (AvgIpc) is 3.13. The Morgan fingerprint density at radius 3 is 2.42 bits per heavy atom. The Hall–Kier alpha value is -2.40. The van der Waals surface area contributed by atoms with E-state index >= 15 is 0 Å². The van der Waals surface area contributed by atoms with Gasteiger partial charge in [-0.15, -0.1) is 0 Å². The highest BCUT2D eigenvalue weighted by Crippen LogP contribution is 2.44. The minimum atomic E-state index is -0.206. The molecule has 1 unspecified atom stereocenters. The van der Waals surface area contributed by atoms with Gasteiger partial charge < -0.3 is 19.9 Å². The van der Waals surface area contributed by atoms with Crippen molar-refractivity contribution in [3.05, 3.63) is 46.0 Å². The van der Waals surface area contributed by atoms with Gasteiger partial charge in [0.15, 0.2) is 0 Å². The molecule has 0 radical (unpaired) electrons. The molecule has 2 aliphatic rings. The summed E-state index contributed by atoms with van der Waals surface area (Å²) in [5.41, 5.74) is 13.2. The van der Waals surface area contributed by atoms with Crippen molar-refractivity contribution in [2.45, 2.75) is 58.5 Å². The number of anilines is 1. The first kappa shape index (κ1) is 21.8. The Morgan fingerprint density at radius 1 is 1.06 bits per heavy atom. The van der Waals surface area contributed by atoms with Gasteiger partial charge in [0.1, 0.15) is 22.8 Å². The Balaban J connectivity index is 1.43. The lowest BCUT2D eigenvalue weighted by Crippen LogP contribution is -2.47. The fourth-order valence-corrected chi connectivity index (χ4v) is 5.34. The SMILES string of the molecule is COc1ccc(C2CCN(CC3(C)Cc4c(C)c(N)c(C)c(C)c4O3)CC2)c(OC)c1. The maximum absolute atomic E-state index is 6.59. The van der Waals surface area contributed by atoms with Crippen LogP contribution < -0.4 is 19.9 Å². The molecule has 2 N–H and O–H groups in total. The van der Waals surface area contributed by atoms with Crippen LogP contribution in [0.25, 0.3) is 0 Å². The van der Waals surface area contributed by atoms with Crippen molar-refractivity contribution in [3.63, 3.8) is 0 Å². The van der Waals surface area contributed by atoms with Gasteiger partial charge >= 0.3 is 0 Å². The van der Waals surface area contributed by atoms with Crippen LogP contribution in [-0.2, 0) is 6.42 Å². The van der Waals surface area contributed by atoms with E-state index in [9.17, 15) is 0 Å². The summed E-state index contributed by atoms with van der Waals surface area (Å²) in [4.78, 5) is 2.55. The van der Waals surface area contributed by atoms with Gasteiger partial charge in [-0.2, -0.15) is 0 Å². The van der Waals surface area contributed by atoms with E-state index in [2.05, 4.69) is 38.7 Å². The predicted molar refractivity (Wildman–Crippen MR) is 126 cm³/mol. The number of benzene rings is 2. The van der Waals surface area contributed by atoms with Gasteiger partial charge in [-0.3, -0.25) is 4.90 Å². The summed E-state index contributed by atoms with van der Waals surface area (Å²) in [5, 5.41) is 0. The first-order chi connectivity index (χ1) is 14.8. The molecular formula is C26H36N2O3. The summed E-state index contributed by atoms with van der Waals surface area (Å²) in [6.45, 7) is 11.7. The normalized spacial score (nSPS) is 21.6. The standard InChI is InChI=1S/C26H36N2O3/c1-16-17(2)25-22(18(3)24(16)27)14-26(4,31-25)15-28-11-9-19(10-12-28)21-8-7-20(29-5)13-23(21)30-6/h7-8,13,19H,9-12,14-15,27H2,1-6H3. The second kappa shape index (κ2) is 8.27. The van der Waals surface area contributed by atoms with Crippen molar-refractivity contribution in [2.75, 3.05) is 39.6 Å². The summed E-state index contributed by atoms with van der Waals surface area (Å²) >= 11 is 0. The zero-order valence-corrected chi connectivity index (χ0v) is 19.8. The van der Waals surface area contributed by atoms with Gasteiger partial charge in [-0.05, 0) is 87.9 Å². The third-order valence-corrected chi connectivity index (χ3v) is 7.36. The monoisotopic (exact) mass is 424 g/mol. The fraction of sp³-hybridized carbons (Fsp3) is 0.538. The molecule has 0 aromatic heterocycles. The van der Waals surface area contributed by atoms with Gasteiger partial charge in [0.25, 0.3) is 0 Å². The molecule has 2 aromatic carbocycles. The zero-order chi connectivity index (χ0) is 22.3. The Kier molecular flexibility index (Phi) is 5.82. The summed E-state index contributed by atoms with van der Waals surface area (Å²) in [7, 11) is 3.43. The Bertz CT molecular complexity index is 940. The van der Waals surface area contributed by atoms with Crippen LogP contribution in [0, 0.1) is 20.8 Å². The van der Waals surface area contributed by atoms with E-state index < -0.39 is 0 Å². The maximum Gasteiger partial charge on any atom is 0.127 e. The quantitative estimate of drug-likeness (QED) is 0.700. The van der Waals surface area contributed by atoms with Crippen LogP contribution in [0.15, 0.2) is 18.2 Å². The lowest BCUT2D eigenvalue weighted by atomic mass is 9.87. The van der Waals surface area contributed by atoms with Gasteiger partial charge in [-0.1, -0.05) is 6.07 Å². The number of rotatable bonds is 5. The highest BCUT2D eigenvalue weighted by Gasteiger charge is 2.40. The molecule has 5 nitrogen and oxygen atoms in total.